The molecule has 0 rings (SSSR count). The molecule has 0 fully saturated rings. The van der Waals surface area contributed by atoms with Crippen LogP contribution in [0.1, 0.15) is 40.0 Å². The maximum atomic E-state index is 11.4. The molecule has 0 aliphatic rings. The average molecular weight is 231 g/mol. The fourth-order valence-corrected chi connectivity index (χ4v) is 1.20. The van der Waals surface area contributed by atoms with E-state index >= 15 is 0 Å². The van der Waals surface area contributed by atoms with Crippen molar-refractivity contribution in [3.8, 4) is 0 Å². The number of methoxy groups -OCH3 is 1. The van der Waals surface area contributed by atoms with Gasteiger partial charge in [-0.25, -0.2) is 0 Å². The summed E-state index contributed by atoms with van der Waals surface area (Å²) in [6, 6.07) is 0. The zero-order valence-corrected chi connectivity index (χ0v) is 10.9. The van der Waals surface area contributed by atoms with Crippen LogP contribution in [0, 0.1) is 5.92 Å². The third-order valence-electron chi connectivity index (χ3n) is 2.89. The van der Waals surface area contributed by atoms with Gasteiger partial charge in [-0.05, 0) is 26.3 Å². The standard InChI is InChI=1S/C12H25NO3/c1-5-10(9-13)8-11(14)16-7-6-12(2,3)15-4/h10H,5-9,13H2,1-4H3. The van der Waals surface area contributed by atoms with Crippen LogP contribution in [0.5, 0.6) is 0 Å². The maximum absolute atomic E-state index is 11.4. The first kappa shape index (κ1) is 15.4. The number of esters is 1. The molecule has 2 N–H and O–H groups in total. The van der Waals surface area contributed by atoms with E-state index in [0.717, 1.165) is 6.42 Å². The third kappa shape index (κ3) is 6.80. The fourth-order valence-electron chi connectivity index (χ4n) is 1.20. The van der Waals surface area contributed by atoms with Gasteiger partial charge in [0.25, 0.3) is 0 Å². The van der Waals surface area contributed by atoms with Crippen molar-refractivity contribution >= 4 is 5.97 Å². The summed E-state index contributed by atoms with van der Waals surface area (Å²) in [5, 5.41) is 0. The Bertz CT molecular complexity index is 200. The molecular formula is C12H25NO3. The molecule has 1 atom stereocenters. The van der Waals surface area contributed by atoms with Crippen molar-refractivity contribution in [2.45, 2.75) is 45.6 Å². The number of rotatable bonds is 8. The average Bonchev–Trinajstić information content (AvgIpc) is 2.25. The second-order valence-electron chi connectivity index (χ2n) is 4.65. The highest BCUT2D eigenvalue weighted by Gasteiger charge is 2.17. The van der Waals surface area contributed by atoms with Crippen LogP contribution in [0.25, 0.3) is 0 Å². The first-order valence-corrected chi connectivity index (χ1v) is 5.86. The van der Waals surface area contributed by atoms with Crippen molar-refractivity contribution < 1.29 is 14.3 Å². The molecule has 0 spiro atoms. The van der Waals surface area contributed by atoms with Gasteiger partial charge in [-0.2, -0.15) is 0 Å². The summed E-state index contributed by atoms with van der Waals surface area (Å²) in [6.07, 6.45) is 2.03. The maximum Gasteiger partial charge on any atom is 0.306 e. The van der Waals surface area contributed by atoms with Crippen LogP contribution in [0.3, 0.4) is 0 Å². The Morgan fingerprint density at radius 2 is 2.06 bits per heavy atom. The monoisotopic (exact) mass is 231 g/mol. The SMILES string of the molecule is CCC(CN)CC(=O)OCCC(C)(C)OC. The van der Waals surface area contributed by atoms with Crippen LogP contribution in [0.4, 0.5) is 0 Å². The van der Waals surface area contributed by atoms with Gasteiger partial charge < -0.3 is 15.2 Å². The van der Waals surface area contributed by atoms with Crippen LogP contribution in [-0.2, 0) is 14.3 Å². The Kier molecular flexibility index (Phi) is 7.34. The summed E-state index contributed by atoms with van der Waals surface area (Å²) in [7, 11) is 1.66. The highest BCUT2D eigenvalue weighted by atomic mass is 16.5. The van der Waals surface area contributed by atoms with E-state index in [1.807, 2.05) is 20.8 Å². The molecule has 0 aliphatic heterocycles. The Labute approximate surface area is 98.5 Å². The number of hydrogen-bond acceptors (Lipinski definition) is 4. The number of carbonyl (C=O) groups is 1. The van der Waals surface area contributed by atoms with Crippen LogP contribution in [0.2, 0.25) is 0 Å². The minimum Gasteiger partial charge on any atom is -0.466 e. The Balaban J connectivity index is 3.74. The predicted molar refractivity (Wildman–Crippen MR) is 64.1 cm³/mol. The van der Waals surface area contributed by atoms with Gasteiger partial charge in [0.15, 0.2) is 0 Å². The minimum absolute atomic E-state index is 0.163. The van der Waals surface area contributed by atoms with E-state index < -0.39 is 0 Å². The molecule has 16 heavy (non-hydrogen) atoms. The topological polar surface area (TPSA) is 61.6 Å². The van der Waals surface area contributed by atoms with Crippen LogP contribution in [0.15, 0.2) is 0 Å². The van der Waals surface area contributed by atoms with Gasteiger partial charge in [0.1, 0.15) is 0 Å². The Morgan fingerprint density at radius 3 is 2.50 bits per heavy atom. The smallest absolute Gasteiger partial charge is 0.306 e. The summed E-state index contributed by atoms with van der Waals surface area (Å²) >= 11 is 0. The zero-order valence-electron chi connectivity index (χ0n) is 10.9. The van der Waals surface area contributed by atoms with E-state index in [9.17, 15) is 4.79 Å². The molecule has 0 aromatic carbocycles. The van der Waals surface area contributed by atoms with Crippen molar-refractivity contribution in [2.75, 3.05) is 20.3 Å². The zero-order chi connectivity index (χ0) is 12.6. The predicted octanol–water partition coefficient (Wildman–Crippen LogP) is 1.72. The van der Waals surface area contributed by atoms with Crippen LogP contribution in [-0.4, -0.2) is 31.8 Å². The van der Waals surface area contributed by atoms with E-state index in [1.54, 1.807) is 7.11 Å². The van der Waals surface area contributed by atoms with Crippen molar-refractivity contribution in [2.24, 2.45) is 11.7 Å². The molecule has 4 nitrogen and oxygen atoms in total. The second-order valence-corrected chi connectivity index (χ2v) is 4.65. The molecule has 0 saturated heterocycles. The Morgan fingerprint density at radius 1 is 1.44 bits per heavy atom. The second kappa shape index (κ2) is 7.63. The lowest BCUT2D eigenvalue weighted by atomic mass is 10.0. The van der Waals surface area contributed by atoms with Gasteiger partial charge in [-0.15, -0.1) is 0 Å². The molecule has 96 valence electrons. The summed E-state index contributed by atoms with van der Waals surface area (Å²) < 4.78 is 10.4. The lowest BCUT2D eigenvalue weighted by molar-refractivity contribution is -0.146. The Hall–Kier alpha value is -0.610. The molecule has 0 radical (unpaired) electrons. The summed E-state index contributed by atoms with van der Waals surface area (Å²) in [6.45, 7) is 6.90. The molecule has 0 bridgehead atoms. The molecular weight excluding hydrogens is 206 g/mol. The van der Waals surface area contributed by atoms with Crippen molar-refractivity contribution in [1.82, 2.24) is 0 Å². The molecule has 0 saturated carbocycles. The summed E-state index contributed by atoms with van der Waals surface area (Å²) in [4.78, 5) is 11.4. The summed E-state index contributed by atoms with van der Waals surface area (Å²) in [5.74, 6) is 0.0761. The van der Waals surface area contributed by atoms with E-state index in [2.05, 4.69) is 0 Å². The van der Waals surface area contributed by atoms with Crippen molar-refractivity contribution in [1.29, 1.82) is 0 Å². The normalized spacial score (nSPS) is 13.6. The lowest BCUT2D eigenvalue weighted by Crippen LogP contribution is -2.26. The van der Waals surface area contributed by atoms with Crippen molar-refractivity contribution in [3.63, 3.8) is 0 Å². The number of nitrogens with two attached hydrogens (primary N) is 1. The largest absolute Gasteiger partial charge is 0.466 e. The minimum atomic E-state index is -0.238. The van der Waals surface area contributed by atoms with Gasteiger partial charge in [0.2, 0.25) is 0 Å². The van der Waals surface area contributed by atoms with Crippen LogP contribution < -0.4 is 5.73 Å². The summed E-state index contributed by atoms with van der Waals surface area (Å²) in [5.41, 5.74) is 5.29. The quantitative estimate of drug-likeness (QED) is 0.646. The number of carbonyl (C=O) groups excluding carboxylic acids is 1. The molecule has 0 amide bonds. The van der Waals surface area contributed by atoms with Crippen molar-refractivity contribution in [3.05, 3.63) is 0 Å². The van der Waals surface area contributed by atoms with E-state index in [0.29, 0.717) is 26.0 Å². The lowest BCUT2D eigenvalue weighted by Gasteiger charge is -2.22. The van der Waals surface area contributed by atoms with Gasteiger partial charge in [0.05, 0.1) is 12.2 Å². The number of hydrogen-bond donors (Lipinski definition) is 1. The van der Waals surface area contributed by atoms with Gasteiger partial charge in [0, 0.05) is 20.0 Å². The van der Waals surface area contributed by atoms with E-state index in [4.69, 9.17) is 15.2 Å². The molecule has 0 aromatic rings. The highest BCUT2D eigenvalue weighted by molar-refractivity contribution is 5.69. The molecule has 0 aromatic heterocycles. The molecule has 1 unspecified atom stereocenters. The van der Waals surface area contributed by atoms with Gasteiger partial charge >= 0.3 is 5.97 Å². The molecule has 4 heteroatoms. The molecule has 0 aliphatic carbocycles. The van der Waals surface area contributed by atoms with E-state index in [-0.39, 0.29) is 17.5 Å². The van der Waals surface area contributed by atoms with Crippen LogP contribution >= 0.6 is 0 Å². The first-order valence-electron chi connectivity index (χ1n) is 5.86. The van der Waals surface area contributed by atoms with E-state index in [1.165, 1.54) is 0 Å². The van der Waals surface area contributed by atoms with Gasteiger partial charge in [-0.1, -0.05) is 13.3 Å². The number of ether oxygens (including phenoxy) is 2. The molecule has 0 heterocycles. The van der Waals surface area contributed by atoms with Gasteiger partial charge in [-0.3, -0.25) is 4.79 Å². The first-order chi connectivity index (χ1) is 7.45. The fraction of sp³-hybridized carbons (Fsp3) is 0.917. The third-order valence-corrected chi connectivity index (χ3v) is 2.89. The highest BCUT2D eigenvalue weighted by Crippen LogP contribution is 2.13.